The van der Waals surface area contributed by atoms with Crippen LogP contribution in [-0.2, 0) is 0 Å². The largest absolute Gasteiger partial charge is 0.368 e. The smallest absolute Gasteiger partial charge is 0.244 e. The minimum absolute atomic E-state index is 0.258. The van der Waals surface area contributed by atoms with Crippen molar-refractivity contribution in [3.63, 3.8) is 0 Å². The van der Waals surface area contributed by atoms with Crippen LogP contribution in [0.25, 0.3) is 17.0 Å². The Morgan fingerprint density at radius 2 is 2.26 bits per heavy atom. The lowest BCUT2D eigenvalue weighted by molar-refractivity contribution is 0.852. The lowest BCUT2D eigenvalue weighted by atomic mass is 10.5. The third-order valence-corrected chi connectivity index (χ3v) is 2.57. The zero-order chi connectivity index (χ0) is 13.2. The SMILES string of the molecule is CCCNc1nc(N)n(-c2ncnc3nc[nH]c23)n1. The second-order valence-corrected chi connectivity index (χ2v) is 3.93. The van der Waals surface area contributed by atoms with Crippen molar-refractivity contribution in [2.24, 2.45) is 0 Å². The van der Waals surface area contributed by atoms with Crippen molar-refractivity contribution in [2.75, 3.05) is 17.6 Å². The number of nitrogens with zero attached hydrogens (tertiary/aromatic N) is 6. The van der Waals surface area contributed by atoms with Gasteiger partial charge in [0.2, 0.25) is 11.9 Å². The molecule has 3 rings (SSSR count). The lowest BCUT2D eigenvalue weighted by Gasteiger charge is -2.01. The van der Waals surface area contributed by atoms with Crippen LogP contribution in [0.1, 0.15) is 13.3 Å². The number of hydrogen-bond acceptors (Lipinski definition) is 7. The van der Waals surface area contributed by atoms with E-state index in [0.29, 0.717) is 22.9 Å². The molecule has 0 atom stereocenters. The zero-order valence-electron chi connectivity index (χ0n) is 10.3. The van der Waals surface area contributed by atoms with Gasteiger partial charge in [-0.1, -0.05) is 6.92 Å². The Morgan fingerprint density at radius 1 is 1.37 bits per heavy atom. The van der Waals surface area contributed by atoms with Gasteiger partial charge in [-0.25, -0.2) is 15.0 Å². The first-order valence-corrected chi connectivity index (χ1v) is 5.90. The predicted molar refractivity (Wildman–Crippen MR) is 69.8 cm³/mol. The molecular weight excluding hydrogens is 246 g/mol. The third kappa shape index (κ3) is 1.94. The number of nitrogens with two attached hydrogens (primary N) is 1. The maximum Gasteiger partial charge on any atom is 0.244 e. The molecule has 3 aromatic heterocycles. The summed E-state index contributed by atoms with van der Waals surface area (Å²) >= 11 is 0. The van der Waals surface area contributed by atoms with E-state index in [2.05, 4.69) is 42.3 Å². The van der Waals surface area contributed by atoms with Gasteiger partial charge in [-0.2, -0.15) is 9.67 Å². The summed E-state index contributed by atoms with van der Waals surface area (Å²) in [5.41, 5.74) is 7.09. The van der Waals surface area contributed by atoms with Crippen molar-refractivity contribution in [3.05, 3.63) is 12.7 Å². The molecule has 3 aromatic rings. The molecule has 0 bridgehead atoms. The molecule has 0 aliphatic rings. The van der Waals surface area contributed by atoms with Crippen LogP contribution >= 0.6 is 0 Å². The van der Waals surface area contributed by atoms with E-state index in [1.807, 2.05) is 0 Å². The monoisotopic (exact) mass is 259 g/mol. The number of fused-ring (bicyclic) bond motifs is 1. The Kier molecular flexibility index (Phi) is 2.71. The molecule has 9 nitrogen and oxygen atoms in total. The van der Waals surface area contributed by atoms with Crippen LogP contribution < -0.4 is 11.1 Å². The lowest BCUT2D eigenvalue weighted by Crippen LogP contribution is -2.06. The van der Waals surface area contributed by atoms with E-state index < -0.39 is 0 Å². The van der Waals surface area contributed by atoms with Gasteiger partial charge in [-0.3, -0.25) is 0 Å². The molecule has 0 radical (unpaired) electrons. The Hall–Kier alpha value is -2.71. The van der Waals surface area contributed by atoms with E-state index >= 15 is 0 Å². The summed E-state index contributed by atoms with van der Waals surface area (Å²) in [4.78, 5) is 19.4. The third-order valence-electron chi connectivity index (χ3n) is 2.57. The van der Waals surface area contributed by atoms with E-state index in [1.54, 1.807) is 6.33 Å². The quantitative estimate of drug-likeness (QED) is 0.617. The van der Waals surface area contributed by atoms with Crippen molar-refractivity contribution in [3.8, 4) is 5.82 Å². The van der Waals surface area contributed by atoms with E-state index in [9.17, 15) is 0 Å². The fourth-order valence-corrected chi connectivity index (χ4v) is 1.70. The molecule has 0 aliphatic heterocycles. The van der Waals surface area contributed by atoms with Crippen molar-refractivity contribution in [2.45, 2.75) is 13.3 Å². The summed E-state index contributed by atoms with van der Waals surface area (Å²) < 4.78 is 1.46. The number of rotatable bonds is 4. The van der Waals surface area contributed by atoms with Gasteiger partial charge in [0.25, 0.3) is 0 Å². The van der Waals surface area contributed by atoms with Gasteiger partial charge in [0, 0.05) is 6.54 Å². The molecule has 0 fully saturated rings. The summed E-state index contributed by atoms with van der Waals surface area (Å²) in [6, 6.07) is 0. The molecule has 98 valence electrons. The zero-order valence-corrected chi connectivity index (χ0v) is 10.3. The first-order chi connectivity index (χ1) is 9.29. The van der Waals surface area contributed by atoms with Gasteiger partial charge >= 0.3 is 0 Å². The summed E-state index contributed by atoms with van der Waals surface area (Å²) in [5.74, 6) is 1.26. The fourth-order valence-electron chi connectivity index (χ4n) is 1.70. The highest BCUT2D eigenvalue weighted by Gasteiger charge is 2.14. The second kappa shape index (κ2) is 4.52. The number of nitrogens with one attached hydrogen (secondary N) is 2. The number of H-pyrrole nitrogens is 1. The molecule has 19 heavy (non-hydrogen) atoms. The Balaban J connectivity index is 2.06. The molecule has 0 aromatic carbocycles. The van der Waals surface area contributed by atoms with Gasteiger partial charge in [0.15, 0.2) is 11.5 Å². The average molecular weight is 259 g/mol. The van der Waals surface area contributed by atoms with Crippen molar-refractivity contribution < 1.29 is 0 Å². The minimum atomic E-state index is 0.258. The highest BCUT2D eigenvalue weighted by molar-refractivity contribution is 5.77. The normalized spacial score (nSPS) is 11.0. The van der Waals surface area contributed by atoms with Crippen LogP contribution in [-0.4, -0.2) is 41.2 Å². The van der Waals surface area contributed by atoms with Gasteiger partial charge in [0.1, 0.15) is 11.8 Å². The van der Waals surface area contributed by atoms with E-state index in [4.69, 9.17) is 5.73 Å². The number of anilines is 2. The Bertz CT molecular complexity index is 698. The molecule has 0 saturated carbocycles. The van der Waals surface area contributed by atoms with Crippen LogP contribution in [0.15, 0.2) is 12.7 Å². The van der Waals surface area contributed by atoms with Gasteiger partial charge in [-0.05, 0) is 6.42 Å². The molecule has 0 unspecified atom stereocenters. The molecule has 4 N–H and O–H groups in total. The molecular formula is C10H13N9. The summed E-state index contributed by atoms with van der Waals surface area (Å²) in [7, 11) is 0. The highest BCUT2D eigenvalue weighted by atomic mass is 15.4. The van der Waals surface area contributed by atoms with E-state index in [1.165, 1.54) is 11.0 Å². The summed E-state index contributed by atoms with van der Waals surface area (Å²) in [6.45, 7) is 2.85. The number of imidazole rings is 1. The predicted octanol–water partition coefficient (Wildman–Crippen LogP) is 0.338. The molecule has 0 spiro atoms. The Labute approximate surface area is 108 Å². The first-order valence-electron chi connectivity index (χ1n) is 5.90. The maximum absolute atomic E-state index is 5.86. The number of hydrogen-bond donors (Lipinski definition) is 3. The first kappa shape index (κ1) is 11.4. The number of aromatic nitrogens is 7. The fraction of sp³-hybridized carbons (Fsp3) is 0.300. The van der Waals surface area contributed by atoms with Crippen LogP contribution in [0.2, 0.25) is 0 Å². The van der Waals surface area contributed by atoms with Crippen LogP contribution in [0.4, 0.5) is 11.9 Å². The van der Waals surface area contributed by atoms with Gasteiger partial charge in [-0.15, -0.1) is 5.10 Å². The average Bonchev–Trinajstić information content (AvgIpc) is 3.02. The second-order valence-electron chi connectivity index (χ2n) is 3.93. The van der Waals surface area contributed by atoms with Gasteiger partial charge in [0.05, 0.1) is 6.33 Å². The highest BCUT2D eigenvalue weighted by Crippen LogP contribution is 2.17. The molecule has 9 heteroatoms. The van der Waals surface area contributed by atoms with E-state index in [0.717, 1.165) is 13.0 Å². The molecule has 0 aliphatic carbocycles. The molecule has 0 amide bonds. The molecule has 0 saturated heterocycles. The standard InChI is InChI=1S/C10H13N9/c1-2-3-12-10-17-9(11)19(18-10)8-6-7(14-4-13-6)15-5-16-8/h4-5H,2-3H2,1H3,(H3,11,12,17,18)(H,13,14,15,16). The van der Waals surface area contributed by atoms with Gasteiger partial charge < -0.3 is 16.0 Å². The van der Waals surface area contributed by atoms with Crippen molar-refractivity contribution in [1.29, 1.82) is 0 Å². The summed E-state index contributed by atoms with van der Waals surface area (Å²) in [5, 5.41) is 7.35. The van der Waals surface area contributed by atoms with Crippen LogP contribution in [0.5, 0.6) is 0 Å². The van der Waals surface area contributed by atoms with E-state index in [-0.39, 0.29) is 5.95 Å². The van der Waals surface area contributed by atoms with Crippen LogP contribution in [0.3, 0.4) is 0 Å². The number of nitrogen functional groups attached to an aromatic ring is 1. The Morgan fingerprint density at radius 3 is 3.11 bits per heavy atom. The maximum atomic E-state index is 5.86. The molecule has 3 heterocycles. The summed E-state index contributed by atoms with van der Waals surface area (Å²) in [6.07, 6.45) is 3.94. The van der Waals surface area contributed by atoms with Crippen LogP contribution in [0, 0.1) is 0 Å². The number of aromatic amines is 1. The van der Waals surface area contributed by atoms with Crippen molar-refractivity contribution >= 4 is 23.1 Å². The minimum Gasteiger partial charge on any atom is -0.368 e. The van der Waals surface area contributed by atoms with Crippen molar-refractivity contribution in [1.82, 2.24) is 34.7 Å². The topological polar surface area (TPSA) is 123 Å².